The monoisotopic (exact) mass is 315 g/mol. The molecular formula is C16H33NO3Si. The number of primary amides is 1. The van der Waals surface area contributed by atoms with Crippen LogP contribution in [0, 0.1) is 11.8 Å². The lowest BCUT2D eigenvalue weighted by Crippen LogP contribution is -2.51. The molecule has 0 aromatic carbocycles. The van der Waals surface area contributed by atoms with Crippen LogP contribution in [0.4, 0.5) is 0 Å². The molecular weight excluding hydrogens is 282 g/mol. The Labute approximate surface area is 130 Å². The molecule has 4 nitrogen and oxygen atoms in total. The maximum Gasteiger partial charge on any atom is 0.222 e. The first-order valence-electron chi connectivity index (χ1n) is 7.63. The van der Waals surface area contributed by atoms with Crippen molar-refractivity contribution in [2.24, 2.45) is 17.6 Å². The first-order chi connectivity index (χ1) is 9.35. The summed E-state index contributed by atoms with van der Waals surface area (Å²) >= 11 is 0. The summed E-state index contributed by atoms with van der Waals surface area (Å²) in [6, 6.07) is 0. The van der Waals surface area contributed by atoms with E-state index in [0.717, 1.165) is 0 Å². The van der Waals surface area contributed by atoms with Crippen LogP contribution in [0.1, 0.15) is 41.5 Å². The number of allylic oxidation sites excluding steroid dienone is 1. The Morgan fingerprint density at radius 2 is 1.76 bits per heavy atom. The smallest absolute Gasteiger partial charge is 0.222 e. The zero-order chi connectivity index (χ0) is 17.0. The third-order valence-corrected chi connectivity index (χ3v) is 9.10. The number of aliphatic hydroxyl groups excluding tert-OH is 1. The zero-order valence-electron chi connectivity index (χ0n) is 14.8. The second kappa shape index (κ2) is 7.56. The van der Waals surface area contributed by atoms with Crippen molar-refractivity contribution in [1.82, 2.24) is 0 Å². The quantitative estimate of drug-likeness (QED) is 0.560. The van der Waals surface area contributed by atoms with Crippen LogP contribution < -0.4 is 5.73 Å². The van der Waals surface area contributed by atoms with Crippen molar-refractivity contribution in [2.75, 3.05) is 0 Å². The molecule has 0 aromatic heterocycles. The van der Waals surface area contributed by atoms with Crippen molar-refractivity contribution in [3.8, 4) is 0 Å². The molecule has 1 amide bonds. The Balaban J connectivity index is 5.40. The number of hydrogen-bond donors (Lipinski definition) is 2. The molecule has 5 heteroatoms. The Morgan fingerprint density at radius 3 is 2.10 bits per heavy atom. The van der Waals surface area contributed by atoms with Crippen molar-refractivity contribution in [3.05, 3.63) is 12.2 Å². The summed E-state index contributed by atoms with van der Waals surface area (Å²) in [5.74, 6) is -1.02. The van der Waals surface area contributed by atoms with Crippen LogP contribution in [0.25, 0.3) is 0 Å². The normalized spacial score (nSPS) is 19.3. The van der Waals surface area contributed by atoms with Crippen molar-refractivity contribution in [3.63, 3.8) is 0 Å². The lowest BCUT2D eigenvalue weighted by Gasteiger charge is -2.42. The van der Waals surface area contributed by atoms with E-state index in [-0.39, 0.29) is 17.1 Å². The van der Waals surface area contributed by atoms with E-state index < -0.39 is 26.2 Å². The molecule has 0 fully saturated rings. The predicted octanol–water partition coefficient (Wildman–Crippen LogP) is 3.07. The van der Waals surface area contributed by atoms with Gasteiger partial charge in [-0.2, -0.15) is 0 Å². The second-order valence-electron chi connectivity index (χ2n) is 7.41. The van der Waals surface area contributed by atoms with Gasteiger partial charge in [0.2, 0.25) is 5.91 Å². The number of carbonyl (C=O) groups is 1. The van der Waals surface area contributed by atoms with Crippen molar-refractivity contribution < 1.29 is 14.3 Å². The number of carbonyl (C=O) groups excluding carboxylic acids is 1. The maximum atomic E-state index is 11.6. The summed E-state index contributed by atoms with van der Waals surface area (Å²) in [4.78, 5) is 11.6. The minimum Gasteiger partial charge on any atom is -0.413 e. The molecule has 0 radical (unpaired) electrons. The van der Waals surface area contributed by atoms with E-state index in [1.165, 1.54) is 0 Å². The van der Waals surface area contributed by atoms with Gasteiger partial charge >= 0.3 is 0 Å². The highest BCUT2D eigenvalue weighted by Crippen LogP contribution is 2.39. The van der Waals surface area contributed by atoms with Gasteiger partial charge in [0.25, 0.3) is 0 Å². The van der Waals surface area contributed by atoms with E-state index in [9.17, 15) is 9.90 Å². The average molecular weight is 316 g/mol. The highest BCUT2D eigenvalue weighted by Gasteiger charge is 2.43. The topological polar surface area (TPSA) is 72.6 Å². The van der Waals surface area contributed by atoms with E-state index in [4.69, 9.17) is 10.2 Å². The number of rotatable bonds is 7. The molecule has 0 aliphatic heterocycles. The van der Waals surface area contributed by atoms with Crippen molar-refractivity contribution >= 4 is 14.2 Å². The summed E-state index contributed by atoms with van der Waals surface area (Å²) in [5, 5.41) is 10.3. The van der Waals surface area contributed by atoms with Gasteiger partial charge in [0.15, 0.2) is 8.32 Å². The van der Waals surface area contributed by atoms with E-state index in [1.54, 1.807) is 19.1 Å². The van der Waals surface area contributed by atoms with Crippen LogP contribution in [-0.4, -0.2) is 31.5 Å². The van der Waals surface area contributed by atoms with Gasteiger partial charge in [-0.25, -0.2) is 0 Å². The SMILES string of the molecule is C/C=C/[C@@H](O)[C@H](C)[C@H](O[Si](C)(C)C(C)(C)C)[C@@H](C)C(N)=O. The van der Waals surface area contributed by atoms with Crippen LogP contribution in [0.15, 0.2) is 12.2 Å². The van der Waals surface area contributed by atoms with E-state index in [0.29, 0.717) is 0 Å². The van der Waals surface area contributed by atoms with Gasteiger partial charge in [0, 0.05) is 5.92 Å². The first-order valence-corrected chi connectivity index (χ1v) is 10.5. The van der Waals surface area contributed by atoms with Gasteiger partial charge in [-0.3, -0.25) is 4.79 Å². The summed E-state index contributed by atoms with van der Waals surface area (Å²) in [6.07, 6.45) is 2.50. The molecule has 0 aliphatic carbocycles. The summed E-state index contributed by atoms with van der Waals surface area (Å²) < 4.78 is 6.40. The van der Waals surface area contributed by atoms with Gasteiger partial charge in [-0.15, -0.1) is 0 Å². The molecule has 4 atom stereocenters. The largest absolute Gasteiger partial charge is 0.413 e. The summed E-state index contributed by atoms with van der Waals surface area (Å²) in [7, 11) is -2.05. The molecule has 3 N–H and O–H groups in total. The Kier molecular flexibility index (Phi) is 7.33. The predicted molar refractivity (Wildman–Crippen MR) is 90.4 cm³/mol. The Bertz CT molecular complexity index is 374. The highest BCUT2D eigenvalue weighted by atomic mass is 28.4. The summed E-state index contributed by atoms with van der Waals surface area (Å²) in [6.45, 7) is 16.3. The zero-order valence-corrected chi connectivity index (χ0v) is 15.8. The van der Waals surface area contributed by atoms with E-state index >= 15 is 0 Å². The standard InChI is InChI=1S/C16H33NO3Si/c1-9-10-13(18)11(2)14(12(3)15(17)19)20-21(7,8)16(4,5)6/h9-14,18H,1-8H3,(H2,17,19)/b10-9+/t11-,12+,13+,14-/m0/s1. The molecule has 0 spiro atoms. The minimum atomic E-state index is -2.05. The van der Waals surface area contributed by atoms with Gasteiger partial charge in [-0.05, 0) is 25.1 Å². The number of aliphatic hydroxyl groups is 1. The van der Waals surface area contributed by atoms with Crippen LogP contribution in [0.3, 0.4) is 0 Å². The summed E-state index contributed by atoms with van der Waals surface area (Å²) in [5.41, 5.74) is 5.47. The number of nitrogens with two attached hydrogens (primary N) is 1. The lowest BCUT2D eigenvalue weighted by molar-refractivity contribution is -0.126. The first kappa shape index (κ1) is 20.3. The van der Waals surface area contributed by atoms with Crippen LogP contribution in [0.5, 0.6) is 0 Å². The molecule has 0 aromatic rings. The van der Waals surface area contributed by atoms with Crippen molar-refractivity contribution in [1.29, 1.82) is 0 Å². The van der Waals surface area contributed by atoms with Gasteiger partial charge in [0.05, 0.1) is 18.1 Å². The van der Waals surface area contributed by atoms with Crippen molar-refractivity contribution in [2.45, 2.75) is 71.9 Å². The molecule has 21 heavy (non-hydrogen) atoms. The highest BCUT2D eigenvalue weighted by molar-refractivity contribution is 6.74. The van der Waals surface area contributed by atoms with Gasteiger partial charge in [-0.1, -0.05) is 46.8 Å². The Hall–Kier alpha value is -0.653. The molecule has 124 valence electrons. The third-order valence-electron chi connectivity index (χ3n) is 4.63. The molecule has 0 unspecified atom stereocenters. The Morgan fingerprint density at radius 1 is 1.29 bits per heavy atom. The molecule has 0 saturated heterocycles. The fraction of sp³-hybridized carbons (Fsp3) is 0.812. The number of amides is 1. The van der Waals surface area contributed by atoms with E-state index in [2.05, 4.69) is 33.9 Å². The second-order valence-corrected chi connectivity index (χ2v) is 12.2. The van der Waals surface area contributed by atoms with Crippen LogP contribution in [0.2, 0.25) is 18.1 Å². The van der Waals surface area contributed by atoms with Crippen LogP contribution >= 0.6 is 0 Å². The molecule has 0 saturated carbocycles. The molecule has 0 heterocycles. The maximum absolute atomic E-state index is 11.6. The minimum absolute atomic E-state index is 0.0356. The van der Waals surface area contributed by atoms with E-state index in [1.807, 2.05) is 13.8 Å². The molecule has 0 aliphatic rings. The fourth-order valence-corrected chi connectivity index (χ4v) is 3.36. The lowest BCUT2D eigenvalue weighted by atomic mass is 9.89. The third kappa shape index (κ3) is 5.56. The number of hydrogen-bond acceptors (Lipinski definition) is 3. The average Bonchev–Trinajstić information content (AvgIpc) is 2.33. The fourth-order valence-electron chi connectivity index (χ4n) is 1.91. The molecule has 0 rings (SSSR count). The van der Waals surface area contributed by atoms with Crippen LogP contribution in [-0.2, 0) is 9.22 Å². The van der Waals surface area contributed by atoms with Gasteiger partial charge < -0.3 is 15.3 Å². The van der Waals surface area contributed by atoms with Gasteiger partial charge in [0.1, 0.15) is 0 Å². The molecule has 0 bridgehead atoms.